The van der Waals surface area contributed by atoms with Gasteiger partial charge in [-0.15, -0.1) is 0 Å². The highest BCUT2D eigenvalue weighted by Crippen LogP contribution is 2.31. The molecule has 0 bridgehead atoms. The molecule has 0 saturated heterocycles. The van der Waals surface area contributed by atoms with Crippen molar-refractivity contribution in [2.45, 2.75) is 38.5 Å². The van der Waals surface area contributed by atoms with Crippen LogP contribution in [0.2, 0.25) is 0 Å². The Morgan fingerprint density at radius 3 is 2.18 bits per heavy atom. The predicted octanol–water partition coefficient (Wildman–Crippen LogP) is 4.27. The van der Waals surface area contributed by atoms with Crippen molar-refractivity contribution in [3.8, 4) is 0 Å². The van der Waals surface area contributed by atoms with E-state index in [9.17, 15) is 0 Å². The lowest BCUT2D eigenvalue weighted by Crippen LogP contribution is -2.30. The Morgan fingerprint density at radius 2 is 1.41 bits per heavy atom. The lowest BCUT2D eigenvalue weighted by Gasteiger charge is -2.16. The number of fused-ring (bicyclic) bond motifs is 2. The minimum atomic E-state index is 0.439. The summed E-state index contributed by atoms with van der Waals surface area (Å²) in [5.41, 5.74) is 3.04. The molecule has 0 aromatic heterocycles. The Bertz CT molecular complexity index is 749. The molecule has 22 heavy (non-hydrogen) atoms. The van der Waals surface area contributed by atoms with Crippen LogP contribution in [0, 0.1) is 11.8 Å². The molecule has 0 aliphatic heterocycles. The molecule has 1 aromatic rings. The van der Waals surface area contributed by atoms with E-state index in [1.54, 1.807) is 5.57 Å². The summed E-state index contributed by atoms with van der Waals surface area (Å²) in [6.45, 7) is 0. The first-order valence-corrected chi connectivity index (χ1v) is 8.80. The first kappa shape index (κ1) is 13.8. The van der Waals surface area contributed by atoms with Crippen LogP contribution in [-0.2, 0) is 0 Å². The van der Waals surface area contributed by atoms with Gasteiger partial charge in [0, 0.05) is 5.92 Å². The van der Waals surface area contributed by atoms with Gasteiger partial charge in [-0.1, -0.05) is 86.4 Å². The van der Waals surface area contributed by atoms with Gasteiger partial charge >= 0.3 is 0 Å². The van der Waals surface area contributed by atoms with Crippen molar-refractivity contribution < 1.29 is 0 Å². The van der Waals surface area contributed by atoms with Crippen LogP contribution in [0.15, 0.2) is 60.7 Å². The molecule has 0 spiro atoms. The summed E-state index contributed by atoms with van der Waals surface area (Å²) >= 11 is 0. The first-order chi connectivity index (χ1) is 10.9. The molecule has 112 valence electrons. The maximum absolute atomic E-state index is 2.44. The van der Waals surface area contributed by atoms with Gasteiger partial charge in [0.15, 0.2) is 0 Å². The van der Waals surface area contributed by atoms with E-state index in [0.29, 0.717) is 5.92 Å². The number of rotatable bonds is 1. The van der Waals surface area contributed by atoms with Crippen molar-refractivity contribution >= 4 is 11.1 Å². The molecule has 0 heteroatoms. The summed E-state index contributed by atoms with van der Waals surface area (Å²) in [5.74, 6) is 1.18. The van der Waals surface area contributed by atoms with Crippen molar-refractivity contribution in [3.05, 3.63) is 71.2 Å². The van der Waals surface area contributed by atoms with Gasteiger partial charge in [-0.25, -0.2) is 0 Å². The lowest BCUT2D eigenvalue weighted by molar-refractivity contribution is 0.574. The third kappa shape index (κ3) is 2.52. The molecule has 0 amide bonds. The van der Waals surface area contributed by atoms with Gasteiger partial charge in [-0.3, -0.25) is 0 Å². The van der Waals surface area contributed by atoms with Crippen LogP contribution in [0.4, 0.5) is 0 Å². The van der Waals surface area contributed by atoms with Gasteiger partial charge in [0.1, 0.15) is 0 Å². The third-order valence-electron chi connectivity index (χ3n) is 5.39. The molecule has 1 unspecified atom stereocenters. The molecule has 1 aromatic carbocycles. The second-order valence-corrected chi connectivity index (χ2v) is 6.77. The lowest BCUT2D eigenvalue weighted by atomic mass is 9.89. The third-order valence-corrected chi connectivity index (χ3v) is 5.39. The Hall–Kier alpha value is -1.82. The molecule has 3 aliphatic rings. The van der Waals surface area contributed by atoms with Crippen LogP contribution in [0.3, 0.4) is 0 Å². The molecule has 4 rings (SSSR count). The van der Waals surface area contributed by atoms with E-state index < -0.39 is 0 Å². The SMILES string of the molecule is C1=CC2=c3ccccc3=C(C3CCCCCC3)C=CC2C=C1. The van der Waals surface area contributed by atoms with E-state index in [1.165, 1.54) is 54.5 Å². The summed E-state index contributed by atoms with van der Waals surface area (Å²) in [6, 6.07) is 9.03. The van der Waals surface area contributed by atoms with Crippen LogP contribution in [-0.4, -0.2) is 0 Å². The van der Waals surface area contributed by atoms with Gasteiger partial charge in [0.2, 0.25) is 0 Å². The summed E-state index contributed by atoms with van der Waals surface area (Å²) < 4.78 is 0. The van der Waals surface area contributed by atoms with Gasteiger partial charge in [-0.05, 0) is 40.3 Å². The van der Waals surface area contributed by atoms with Gasteiger partial charge in [-0.2, -0.15) is 0 Å². The largest absolute Gasteiger partial charge is 0.0732 e. The van der Waals surface area contributed by atoms with E-state index in [2.05, 4.69) is 60.7 Å². The highest BCUT2D eigenvalue weighted by molar-refractivity contribution is 5.71. The number of benzene rings is 1. The second-order valence-electron chi connectivity index (χ2n) is 6.77. The minimum absolute atomic E-state index is 0.439. The maximum atomic E-state index is 2.44. The second kappa shape index (κ2) is 6.12. The van der Waals surface area contributed by atoms with Crippen molar-refractivity contribution in [1.29, 1.82) is 0 Å². The quantitative estimate of drug-likeness (QED) is 0.677. The van der Waals surface area contributed by atoms with Crippen molar-refractivity contribution in [3.63, 3.8) is 0 Å². The van der Waals surface area contributed by atoms with Crippen LogP contribution in [0.1, 0.15) is 38.5 Å². The van der Waals surface area contributed by atoms with E-state index in [4.69, 9.17) is 0 Å². The summed E-state index contributed by atoms with van der Waals surface area (Å²) in [6.07, 6.45) is 22.2. The number of hydrogen-bond donors (Lipinski definition) is 0. The van der Waals surface area contributed by atoms with E-state index in [1.807, 2.05) is 0 Å². The summed E-state index contributed by atoms with van der Waals surface area (Å²) in [4.78, 5) is 0. The molecule has 0 N–H and O–H groups in total. The van der Waals surface area contributed by atoms with Crippen LogP contribution >= 0.6 is 0 Å². The smallest absolute Gasteiger partial charge is 0.0211 e. The standard InChI is InChI=1S/C22H24/c1-2-4-10-17(9-3-1)20-16-15-18-11-5-6-12-19(18)21-13-7-8-14-22(20)21/h5-8,11-18H,1-4,9-10H2. The normalized spacial score (nSPS) is 24.6. The Kier molecular flexibility index (Phi) is 3.84. The minimum Gasteiger partial charge on any atom is -0.0732 e. The average Bonchev–Trinajstić information content (AvgIpc) is 2.92. The molecular weight excluding hydrogens is 264 g/mol. The fraction of sp³-hybridized carbons (Fsp3) is 0.364. The van der Waals surface area contributed by atoms with Crippen molar-refractivity contribution in [2.24, 2.45) is 11.8 Å². The molecule has 1 atom stereocenters. The monoisotopic (exact) mass is 288 g/mol. The molecule has 0 nitrogen and oxygen atoms in total. The maximum Gasteiger partial charge on any atom is 0.0211 e. The fourth-order valence-corrected chi connectivity index (χ4v) is 4.23. The Morgan fingerprint density at radius 1 is 0.682 bits per heavy atom. The van der Waals surface area contributed by atoms with E-state index >= 15 is 0 Å². The van der Waals surface area contributed by atoms with Crippen LogP contribution in [0.25, 0.3) is 11.1 Å². The molecular formula is C22H24. The first-order valence-electron chi connectivity index (χ1n) is 8.80. The Labute approximate surface area is 133 Å². The fourth-order valence-electron chi connectivity index (χ4n) is 4.23. The number of hydrogen-bond acceptors (Lipinski definition) is 0. The van der Waals surface area contributed by atoms with Gasteiger partial charge in [0.25, 0.3) is 0 Å². The van der Waals surface area contributed by atoms with E-state index in [0.717, 1.165) is 5.92 Å². The van der Waals surface area contributed by atoms with Crippen molar-refractivity contribution in [1.82, 2.24) is 0 Å². The summed E-state index contributed by atoms with van der Waals surface area (Å²) in [5, 5.41) is 2.92. The summed E-state index contributed by atoms with van der Waals surface area (Å²) in [7, 11) is 0. The van der Waals surface area contributed by atoms with Crippen molar-refractivity contribution in [2.75, 3.05) is 0 Å². The van der Waals surface area contributed by atoms with Crippen LogP contribution < -0.4 is 10.4 Å². The highest BCUT2D eigenvalue weighted by Gasteiger charge is 2.19. The molecule has 0 heterocycles. The van der Waals surface area contributed by atoms with Crippen LogP contribution in [0.5, 0.6) is 0 Å². The zero-order valence-corrected chi connectivity index (χ0v) is 13.2. The predicted molar refractivity (Wildman–Crippen MR) is 94.6 cm³/mol. The molecule has 1 fully saturated rings. The zero-order chi connectivity index (χ0) is 14.8. The number of allylic oxidation sites excluding steroid dienone is 6. The molecule has 1 saturated carbocycles. The van der Waals surface area contributed by atoms with Gasteiger partial charge in [0.05, 0.1) is 0 Å². The molecule has 0 radical (unpaired) electrons. The average molecular weight is 288 g/mol. The highest BCUT2D eigenvalue weighted by atomic mass is 14.2. The Balaban J connectivity index is 1.94. The topological polar surface area (TPSA) is 0 Å². The van der Waals surface area contributed by atoms with Gasteiger partial charge < -0.3 is 0 Å². The zero-order valence-electron chi connectivity index (χ0n) is 13.2. The molecule has 3 aliphatic carbocycles. The van der Waals surface area contributed by atoms with E-state index in [-0.39, 0.29) is 0 Å².